The predicted molar refractivity (Wildman–Crippen MR) is 92.1 cm³/mol. The summed E-state index contributed by atoms with van der Waals surface area (Å²) in [7, 11) is 0. The Kier molecular flexibility index (Phi) is 5.56. The van der Waals surface area contributed by atoms with Crippen molar-refractivity contribution in [1.82, 2.24) is 9.97 Å². The number of hydrogen-bond acceptors (Lipinski definition) is 4. The van der Waals surface area contributed by atoms with E-state index in [2.05, 4.69) is 50.4 Å². The Labute approximate surface area is 134 Å². The van der Waals surface area contributed by atoms with Gasteiger partial charge in [-0.05, 0) is 43.5 Å². The Bertz CT molecular complexity index is 581. The number of rotatable bonds is 6. The highest BCUT2D eigenvalue weighted by atomic mass is 79.9. The van der Waals surface area contributed by atoms with Crippen LogP contribution in [0.5, 0.6) is 0 Å². The summed E-state index contributed by atoms with van der Waals surface area (Å²) in [6.07, 6.45) is 1.12. The third-order valence-electron chi connectivity index (χ3n) is 2.98. The molecule has 1 heterocycles. The summed E-state index contributed by atoms with van der Waals surface area (Å²) in [6, 6.07) is 9.95. The number of nitrogens with one attached hydrogen (secondary N) is 2. The molecule has 112 valence electrons. The maximum absolute atomic E-state index is 4.42. The fourth-order valence-corrected chi connectivity index (χ4v) is 2.16. The minimum absolute atomic E-state index is 0.681. The second kappa shape index (κ2) is 7.41. The molecule has 0 atom stereocenters. The minimum Gasteiger partial charge on any atom is -0.370 e. The molecular weight excluding hydrogens is 328 g/mol. The van der Waals surface area contributed by atoms with Gasteiger partial charge in [0, 0.05) is 22.8 Å². The molecule has 0 fully saturated rings. The van der Waals surface area contributed by atoms with Gasteiger partial charge < -0.3 is 10.6 Å². The molecule has 0 saturated heterocycles. The van der Waals surface area contributed by atoms with Crippen LogP contribution < -0.4 is 10.6 Å². The zero-order chi connectivity index (χ0) is 15.2. The zero-order valence-electron chi connectivity index (χ0n) is 12.7. The number of anilines is 3. The third-order valence-corrected chi connectivity index (χ3v) is 3.51. The van der Waals surface area contributed by atoms with Gasteiger partial charge in [0.25, 0.3) is 0 Å². The molecule has 0 aliphatic carbocycles. The van der Waals surface area contributed by atoms with Crippen molar-refractivity contribution in [2.24, 2.45) is 5.92 Å². The number of benzene rings is 1. The lowest BCUT2D eigenvalue weighted by molar-refractivity contribution is 0.606. The number of aryl methyl sites for hydroxylation is 1. The molecule has 4 nitrogen and oxygen atoms in total. The van der Waals surface area contributed by atoms with E-state index in [4.69, 9.17) is 0 Å². The molecule has 2 rings (SSSR count). The fraction of sp³-hybridized carbons (Fsp3) is 0.375. The summed E-state index contributed by atoms with van der Waals surface area (Å²) < 4.78 is 1.06. The maximum Gasteiger partial charge on any atom is 0.136 e. The summed E-state index contributed by atoms with van der Waals surface area (Å²) in [6.45, 7) is 7.26. The lowest BCUT2D eigenvalue weighted by Crippen LogP contribution is -2.08. The van der Waals surface area contributed by atoms with E-state index in [1.54, 1.807) is 0 Å². The van der Waals surface area contributed by atoms with E-state index in [0.717, 1.165) is 40.6 Å². The number of aromatic nitrogens is 2. The van der Waals surface area contributed by atoms with Crippen LogP contribution in [0.2, 0.25) is 0 Å². The van der Waals surface area contributed by atoms with Gasteiger partial charge >= 0.3 is 0 Å². The first-order valence-corrected chi connectivity index (χ1v) is 7.94. The average Bonchev–Trinajstić information content (AvgIpc) is 2.40. The molecule has 0 radical (unpaired) electrons. The first-order chi connectivity index (χ1) is 10.0. The highest BCUT2D eigenvalue weighted by Crippen LogP contribution is 2.19. The molecule has 5 heteroatoms. The molecule has 2 N–H and O–H groups in total. The van der Waals surface area contributed by atoms with E-state index in [0.29, 0.717) is 5.92 Å². The summed E-state index contributed by atoms with van der Waals surface area (Å²) in [4.78, 5) is 8.84. The molecular formula is C16H21BrN4. The van der Waals surface area contributed by atoms with E-state index in [9.17, 15) is 0 Å². The van der Waals surface area contributed by atoms with E-state index in [1.165, 1.54) is 0 Å². The van der Waals surface area contributed by atoms with Gasteiger partial charge in [0.1, 0.15) is 17.5 Å². The summed E-state index contributed by atoms with van der Waals surface area (Å²) in [5, 5.41) is 6.65. The molecule has 0 aliphatic heterocycles. The predicted octanol–water partition coefficient (Wildman–Crippen LogP) is 4.75. The smallest absolute Gasteiger partial charge is 0.136 e. The number of halogens is 1. The van der Waals surface area contributed by atoms with Crippen LogP contribution in [0.3, 0.4) is 0 Å². The van der Waals surface area contributed by atoms with Crippen molar-refractivity contribution >= 4 is 33.3 Å². The van der Waals surface area contributed by atoms with Crippen molar-refractivity contribution in [3.8, 4) is 0 Å². The van der Waals surface area contributed by atoms with Crippen LogP contribution in [0.4, 0.5) is 17.3 Å². The van der Waals surface area contributed by atoms with Crippen molar-refractivity contribution in [3.63, 3.8) is 0 Å². The van der Waals surface area contributed by atoms with Gasteiger partial charge in [0.15, 0.2) is 0 Å². The van der Waals surface area contributed by atoms with Crippen molar-refractivity contribution in [3.05, 3.63) is 40.6 Å². The highest BCUT2D eigenvalue weighted by Gasteiger charge is 2.03. The normalized spacial score (nSPS) is 10.7. The standard InChI is InChI=1S/C16H21BrN4/c1-11(2)8-9-18-15-10-16(20-12(3)19-15)21-14-6-4-13(17)5-7-14/h4-7,10-11H,8-9H2,1-3H3,(H2,18,19,20,21). The van der Waals surface area contributed by atoms with Crippen LogP contribution in [0.1, 0.15) is 26.1 Å². The van der Waals surface area contributed by atoms with Crippen LogP contribution in [0.15, 0.2) is 34.8 Å². The Balaban J connectivity index is 2.05. The first kappa shape index (κ1) is 15.8. The van der Waals surface area contributed by atoms with Gasteiger partial charge in [-0.2, -0.15) is 0 Å². The highest BCUT2D eigenvalue weighted by molar-refractivity contribution is 9.10. The van der Waals surface area contributed by atoms with Gasteiger partial charge in [0.2, 0.25) is 0 Å². The lowest BCUT2D eigenvalue weighted by atomic mass is 10.1. The summed E-state index contributed by atoms with van der Waals surface area (Å²) >= 11 is 3.43. The van der Waals surface area contributed by atoms with Gasteiger partial charge in [0.05, 0.1) is 0 Å². The Morgan fingerprint density at radius 1 is 1.10 bits per heavy atom. The van der Waals surface area contributed by atoms with Crippen molar-refractivity contribution < 1.29 is 0 Å². The van der Waals surface area contributed by atoms with Gasteiger partial charge in [-0.15, -0.1) is 0 Å². The quantitative estimate of drug-likeness (QED) is 0.790. The fourth-order valence-electron chi connectivity index (χ4n) is 1.89. The van der Waals surface area contributed by atoms with Crippen LogP contribution in [0, 0.1) is 12.8 Å². The van der Waals surface area contributed by atoms with Crippen LogP contribution in [-0.4, -0.2) is 16.5 Å². The average molecular weight is 349 g/mol. The number of nitrogens with zero attached hydrogens (tertiary/aromatic N) is 2. The molecule has 0 aliphatic rings. The molecule has 1 aromatic heterocycles. The number of hydrogen-bond donors (Lipinski definition) is 2. The lowest BCUT2D eigenvalue weighted by Gasteiger charge is -2.11. The van der Waals surface area contributed by atoms with Crippen LogP contribution in [0.25, 0.3) is 0 Å². The summed E-state index contributed by atoms with van der Waals surface area (Å²) in [5.41, 5.74) is 1.00. The van der Waals surface area contributed by atoms with E-state index in [1.807, 2.05) is 37.3 Å². The molecule has 0 bridgehead atoms. The molecule has 0 amide bonds. The van der Waals surface area contributed by atoms with E-state index in [-0.39, 0.29) is 0 Å². The molecule has 21 heavy (non-hydrogen) atoms. The second-order valence-corrected chi connectivity index (χ2v) is 6.34. The Morgan fingerprint density at radius 2 is 1.76 bits per heavy atom. The van der Waals surface area contributed by atoms with Crippen LogP contribution >= 0.6 is 15.9 Å². The summed E-state index contributed by atoms with van der Waals surface area (Å²) in [5.74, 6) is 3.10. The van der Waals surface area contributed by atoms with E-state index >= 15 is 0 Å². The van der Waals surface area contributed by atoms with Crippen molar-refractivity contribution in [1.29, 1.82) is 0 Å². The molecule has 1 aromatic carbocycles. The topological polar surface area (TPSA) is 49.8 Å². The monoisotopic (exact) mass is 348 g/mol. The Hall–Kier alpha value is -1.62. The first-order valence-electron chi connectivity index (χ1n) is 7.15. The zero-order valence-corrected chi connectivity index (χ0v) is 14.2. The second-order valence-electron chi connectivity index (χ2n) is 5.43. The maximum atomic E-state index is 4.42. The molecule has 0 spiro atoms. The molecule has 0 unspecified atom stereocenters. The molecule has 0 saturated carbocycles. The largest absolute Gasteiger partial charge is 0.370 e. The Morgan fingerprint density at radius 3 is 2.43 bits per heavy atom. The SMILES string of the molecule is Cc1nc(NCCC(C)C)cc(Nc2ccc(Br)cc2)n1. The van der Waals surface area contributed by atoms with Crippen molar-refractivity contribution in [2.45, 2.75) is 27.2 Å². The van der Waals surface area contributed by atoms with Gasteiger partial charge in [-0.25, -0.2) is 9.97 Å². The van der Waals surface area contributed by atoms with Crippen LogP contribution in [-0.2, 0) is 0 Å². The van der Waals surface area contributed by atoms with E-state index < -0.39 is 0 Å². The van der Waals surface area contributed by atoms with Gasteiger partial charge in [-0.1, -0.05) is 29.8 Å². The third kappa shape index (κ3) is 5.34. The minimum atomic E-state index is 0.681. The van der Waals surface area contributed by atoms with Crippen molar-refractivity contribution in [2.75, 3.05) is 17.2 Å². The van der Waals surface area contributed by atoms with Gasteiger partial charge in [-0.3, -0.25) is 0 Å². The molecule has 2 aromatic rings.